The van der Waals surface area contributed by atoms with E-state index in [1.165, 1.54) is 11.4 Å². The molecule has 0 radical (unpaired) electrons. The SMILES string of the molecule is CC(=O)N1CCC[C@@H]1c1ccc(-n2c(C)ccc2C)nc1. The number of pyridine rings is 1. The standard InChI is InChI=1S/C17H21N3O/c1-12-6-7-13(2)20(12)17-9-8-15(11-18-17)16-5-4-10-19(16)14(3)21/h6-9,11,16H,4-5,10H2,1-3H3/t16-/m1/s1. The first-order valence-electron chi connectivity index (χ1n) is 7.46. The summed E-state index contributed by atoms with van der Waals surface area (Å²) in [5.41, 5.74) is 3.49. The van der Waals surface area contributed by atoms with E-state index in [0.29, 0.717) is 0 Å². The Balaban J connectivity index is 1.89. The Kier molecular flexibility index (Phi) is 3.53. The van der Waals surface area contributed by atoms with Crippen LogP contribution < -0.4 is 0 Å². The van der Waals surface area contributed by atoms with Gasteiger partial charge in [0.15, 0.2) is 0 Å². The molecule has 3 rings (SSSR count). The molecule has 0 unspecified atom stereocenters. The monoisotopic (exact) mass is 283 g/mol. The molecule has 4 nitrogen and oxygen atoms in total. The number of hydrogen-bond acceptors (Lipinski definition) is 2. The van der Waals surface area contributed by atoms with Gasteiger partial charge in [-0.2, -0.15) is 0 Å². The maximum atomic E-state index is 11.7. The first kappa shape index (κ1) is 13.9. The quantitative estimate of drug-likeness (QED) is 0.849. The highest BCUT2D eigenvalue weighted by Gasteiger charge is 2.27. The predicted octanol–water partition coefficient (Wildman–Crippen LogP) is 3.17. The van der Waals surface area contributed by atoms with Crippen molar-refractivity contribution in [2.75, 3.05) is 6.54 Å². The first-order chi connectivity index (χ1) is 10.1. The van der Waals surface area contributed by atoms with Gasteiger partial charge in [-0.15, -0.1) is 0 Å². The van der Waals surface area contributed by atoms with Crippen LogP contribution in [-0.2, 0) is 4.79 Å². The lowest BCUT2D eigenvalue weighted by Gasteiger charge is -2.23. The Morgan fingerprint density at radius 2 is 1.90 bits per heavy atom. The molecule has 1 aliphatic rings. The van der Waals surface area contributed by atoms with E-state index in [2.05, 4.69) is 41.6 Å². The van der Waals surface area contributed by atoms with Crippen molar-refractivity contribution in [2.24, 2.45) is 0 Å². The maximum absolute atomic E-state index is 11.7. The lowest BCUT2D eigenvalue weighted by molar-refractivity contribution is -0.129. The fraction of sp³-hybridized carbons (Fsp3) is 0.412. The minimum Gasteiger partial charge on any atom is -0.336 e. The summed E-state index contributed by atoms with van der Waals surface area (Å²) >= 11 is 0. The molecule has 3 heterocycles. The molecule has 0 spiro atoms. The van der Waals surface area contributed by atoms with Gasteiger partial charge in [0.25, 0.3) is 0 Å². The molecule has 1 saturated heterocycles. The molecule has 2 aromatic rings. The second-order valence-corrected chi connectivity index (χ2v) is 5.77. The highest BCUT2D eigenvalue weighted by molar-refractivity contribution is 5.74. The summed E-state index contributed by atoms with van der Waals surface area (Å²) in [6.07, 6.45) is 4.02. The summed E-state index contributed by atoms with van der Waals surface area (Å²) in [5.74, 6) is 1.09. The third kappa shape index (κ3) is 2.46. The Morgan fingerprint density at radius 1 is 1.19 bits per heavy atom. The number of rotatable bonds is 2. The molecule has 0 saturated carbocycles. The number of aryl methyl sites for hydroxylation is 2. The number of amides is 1. The lowest BCUT2D eigenvalue weighted by atomic mass is 10.1. The zero-order chi connectivity index (χ0) is 15.0. The van der Waals surface area contributed by atoms with Gasteiger partial charge in [-0.3, -0.25) is 4.79 Å². The molecule has 1 amide bonds. The molecule has 4 heteroatoms. The van der Waals surface area contributed by atoms with Crippen molar-refractivity contribution in [1.29, 1.82) is 0 Å². The van der Waals surface area contributed by atoms with E-state index in [1.54, 1.807) is 6.92 Å². The van der Waals surface area contributed by atoms with Crippen molar-refractivity contribution in [3.8, 4) is 5.82 Å². The summed E-state index contributed by atoms with van der Waals surface area (Å²) in [5, 5.41) is 0. The fourth-order valence-electron chi connectivity index (χ4n) is 3.25. The van der Waals surface area contributed by atoms with E-state index in [-0.39, 0.29) is 11.9 Å². The van der Waals surface area contributed by atoms with Gasteiger partial charge < -0.3 is 9.47 Å². The van der Waals surface area contributed by atoms with Crippen LogP contribution in [0.25, 0.3) is 5.82 Å². The van der Waals surface area contributed by atoms with Crippen molar-refractivity contribution in [3.63, 3.8) is 0 Å². The van der Waals surface area contributed by atoms with Gasteiger partial charge in [-0.1, -0.05) is 6.07 Å². The van der Waals surface area contributed by atoms with Crippen LogP contribution in [0.15, 0.2) is 30.5 Å². The average Bonchev–Trinajstić information content (AvgIpc) is 3.07. The van der Waals surface area contributed by atoms with Crippen LogP contribution >= 0.6 is 0 Å². The molecule has 1 atom stereocenters. The molecule has 2 aromatic heterocycles. The molecule has 0 N–H and O–H groups in total. The normalized spacial score (nSPS) is 18.2. The summed E-state index contributed by atoms with van der Waals surface area (Å²) in [7, 11) is 0. The van der Waals surface area contributed by atoms with Crippen LogP contribution in [0.3, 0.4) is 0 Å². The van der Waals surface area contributed by atoms with E-state index in [9.17, 15) is 4.79 Å². The highest BCUT2D eigenvalue weighted by Crippen LogP contribution is 2.31. The van der Waals surface area contributed by atoms with Crippen molar-refractivity contribution < 1.29 is 4.79 Å². The van der Waals surface area contributed by atoms with Gasteiger partial charge in [-0.25, -0.2) is 4.98 Å². The first-order valence-corrected chi connectivity index (χ1v) is 7.46. The average molecular weight is 283 g/mol. The Hall–Kier alpha value is -2.10. The third-order valence-corrected chi connectivity index (χ3v) is 4.31. The summed E-state index contributed by atoms with van der Waals surface area (Å²) in [6.45, 7) is 6.66. The molecule has 0 bridgehead atoms. The van der Waals surface area contributed by atoms with Crippen LogP contribution in [0, 0.1) is 13.8 Å². The number of carbonyl (C=O) groups is 1. The van der Waals surface area contributed by atoms with Gasteiger partial charge in [-0.05, 0) is 50.5 Å². The minimum atomic E-state index is 0.152. The Morgan fingerprint density at radius 3 is 2.48 bits per heavy atom. The predicted molar refractivity (Wildman–Crippen MR) is 82.4 cm³/mol. The number of nitrogens with zero attached hydrogens (tertiary/aromatic N) is 3. The molecule has 0 aromatic carbocycles. The van der Waals surface area contributed by atoms with Gasteiger partial charge >= 0.3 is 0 Å². The van der Waals surface area contributed by atoms with Gasteiger partial charge in [0.2, 0.25) is 5.91 Å². The molecular formula is C17H21N3O. The van der Waals surface area contributed by atoms with Gasteiger partial charge in [0.1, 0.15) is 5.82 Å². The second kappa shape index (κ2) is 5.35. The van der Waals surface area contributed by atoms with Crippen molar-refractivity contribution in [1.82, 2.24) is 14.5 Å². The zero-order valence-corrected chi connectivity index (χ0v) is 12.8. The van der Waals surface area contributed by atoms with Crippen LogP contribution in [0.2, 0.25) is 0 Å². The van der Waals surface area contributed by atoms with E-state index < -0.39 is 0 Å². The minimum absolute atomic E-state index is 0.152. The summed E-state index contributed by atoms with van der Waals surface area (Å²) in [6, 6.07) is 8.54. The van der Waals surface area contributed by atoms with Crippen molar-refractivity contribution in [2.45, 2.75) is 39.7 Å². The topological polar surface area (TPSA) is 38.1 Å². The molecule has 1 fully saturated rings. The van der Waals surface area contributed by atoms with Crippen LogP contribution in [0.5, 0.6) is 0 Å². The Bertz CT molecular complexity index is 638. The largest absolute Gasteiger partial charge is 0.336 e. The van der Waals surface area contributed by atoms with Gasteiger partial charge in [0, 0.05) is 31.1 Å². The number of carbonyl (C=O) groups excluding carboxylic acids is 1. The molecular weight excluding hydrogens is 262 g/mol. The number of aromatic nitrogens is 2. The van der Waals surface area contributed by atoms with Crippen LogP contribution in [0.1, 0.15) is 42.8 Å². The molecule has 0 aliphatic carbocycles. The number of likely N-dealkylation sites (tertiary alicyclic amines) is 1. The summed E-state index contributed by atoms with van der Waals surface area (Å²) < 4.78 is 2.14. The van der Waals surface area contributed by atoms with Gasteiger partial charge in [0.05, 0.1) is 6.04 Å². The Labute approximate surface area is 125 Å². The van der Waals surface area contributed by atoms with E-state index in [4.69, 9.17) is 0 Å². The second-order valence-electron chi connectivity index (χ2n) is 5.77. The van der Waals surface area contributed by atoms with Crippen LogP contribution in [0.4, 0.5) is 0 Å². The summed E-state index contributed by atoms with van der Waals surface area (Å²) in [4.78, 5) is 18.2. The van der Waals surface area contributed by atoms with E-state index >= 15 is 0 Å². The van der Waals surface area contributed by atoms with E-state index in [0.717, 1.165) is 30.8 Å². The molecule has 110 valence electrons. The van der Waals surface area contributed by atoms with Crippen molar-refractivity contribution in [3.05, 3.63) is 47.4 Å². The smallest absolute Gasteiger partial charge is 0.219 e. The zero-order valence-electron chi connectivity index (χ0n) is 12.8. The van der Waals surface area contributed by atoms with Crippen molar-refractivity contribution >= 4 is 5.91 Å². The highest BCUT2D eigenvalue weighted by atomic mass is 16.2. The third-order valence-electron chi connectivity index (χ3n) is 4.31. The maximum Gasteiger partial charge on any atom is 0.219 e. The number of hydrogen-bond donors (Lipinski definition) is 0. The molecule has 21 heavy (non-hydrogen) atoms. The lowest BCUT2D eigenvalue weighted by Crippen LogP contribution is -2.28. The van der Waals surface area contributed by atoms with Crippen LogP contribution in [-0.4, -0.2) is 26.9 Å². The fourth-order valence-corrected chi connectivity index (χ4v) is 3.25. The molecule has 1 aliphatic heterocycles. The van der Waals surface area contributed by atoms with E-state index in [1.807, 2.05) is 17.2 Å².